The van der Waals surface area contributed by atoms with Crippen LogP contribution in [0.25, 0.3) is 10.6 Å². The molecule has 2 fully saturated rings. The number of carbonyl (C=O) groups excluding carboxylic acids is 1. The number of rotatable bonds is 3. The van der Waals surface area contributed by atoms with Gasteiger partial charge in [-0.1, -0.05) is 0 Å². The zero-order valence-electron chi connectivity index (χ0n) is 14.7. The fourth-order valence-corrected chi connectivity index (χ4v) is 4.50. The predicted octanol–water partition coefficient (Wildman–Crippen LogP) is 3.17. The standard InChI is InChI=1S/C19H21FN2O3S/c1-13-16(26-18(21-13)14-2-4-15(20)5-3-14)12-17(23)22-8-6-19(7-9-22)24-10-11-25-19/h2-5H,6-12H2,1H3. The summed E-state index contributed by atoms with van der Waals surface area (Å²) in [5.41, 5.74) is 1.73. The minimum absolute atomic E-state index is 0.107. The largest absolute Gasteiger partial charge is 0.347 e. The Kier molecular flexibility index (Phi) is 4.77. The van der Waals surface area contributed by atoms with Crippen molar-refractivity contribution in [2.75, 3.05) is 26.3 Å². The lowest BCUT2D eigenvalue weighted by Gasteiger charge is -2.37. The van der Waals surface area contributed by atoms with E-state index in [1.54, 1.807) is 12.1 Å². The Morgan fingerprint density at radius 1 is 1.23 bits per heavy atom. The van der Waals surface area contributed by atoms with E-state index in [1.165, 1.54) is 23.5 Å². The lowest BCUT2D eigenvalue weighted by Crippen LogP contribution is -2.47. The topological polar surface area (TPSA) is 51.7 Å². The molecule has 1 spiro atoms. The molecule has 2 saturated heterocycles. The van der Waals surface area contributed by atoms with Crippen molar-refractivity contribution < 1.29 is 18.7 Å². The molecule has 7 heteroatoms. The van der Waals surface area contributed by atoms with E-state index in [9.17, 15) is 9.18 Å². The first-order valence-electron chi connectivity index (χ1n) is 8.83. The van der Waals surface area contributed by atoms with Gasteiger partial charge in [0.25, 0.3) is 0 Å². The van der Waals surface area contributed by atoms with Crippen LogP contribution in [-0.2, 0) is 20.7 Å². The average Bonchev–Trinajstić information content (AvgIpc) is 3.24. The van der Waals surface area contributed by atoms with Crippen LogP contribution in [0.1, 0.15) is 23.4 Å². The Balaban J connectivity index is 1.41. The molecule has 0 saturated carbocycles. The van der Waals surface area contributed by atoms with Gasteiger partial charge in [-0.3, -0.25) is 4.79 Å². The van der Waals surface area contributed by atoms with E-state index in [4.69, 9.17) is 9.47 Å². The molecule has 3 heterocycles. The van der Waals surface area contributed by atoms with Gasteiger partial charge in [-0.05, 0) is 31.2 Å². The van der Waals surface area contributed by atoms with Crippen LogP contribution in [0.15, 0.2) is 24.3 Å². The minimum atomic E-state index is -0.465. The number of hydrogen-bond acceptors (Lipinski definition) is 5. The number of benzene rings is 1. The molecule has 2 aliphatic heterocycles. The molecule has 26 heavy (non-hydrogen) atoms. The first-order chi connectivity index (χ1) is 12.5. The predicted molar refractivity (Wildman–Crippen MR) is 96.4 cm³/mol. The number of likely N-dealkylation sites (tertiary alicyclic amines) is 1. The number of ether oxygens (including phenoxy) is 2. The fourth-order valence-electron chi connectivity index (χ4n) is 3.44. The summed E-state index contributed by atoms with van der Waals surface area (Å²) in [6.45, 7) is 4.50. The first kappa shape index (κ1) is 17.6. The monoisotopic (exact) mass is 376 g/mol. The Bertz CT molecular complexity index is 790. The molecule has 0 N–H and O–H groups in total. The highest BCUT2D eigenvalue weighted by atomic mass is 32.1. The molecule has 5 nitrogen and oxygen atoms in total. The van der Waals surface area contributed by atoms with Crippen molar-refractivity contribution in [3.05, 3.63) is 40.7 Å². The molecule has 0 radical (unpaired) electrons. The number of thiazole rings is 1. The van der Waals surface area contributed by atoms with Gasteiger partial charge in [0.2, 0.25) is 5.91 Å². The smallest absolute Gasteiger partial charge is 0.227 e. The zero-order valence-corrected chi connectivity index (χ0v) is 15.5. The molecule has 1 aromatic heterocycles. The number of aryl methyl sites for hydroxylation is 1. The second-order valence-electron chi connectivity index (χ2n) is 6.70. The van der Waals surface area contributed by atoms with Crippen LogP contribution in [0.3, 0.4) is 0 Å². The zero-order chi connectivity index (χ0) is 18.1. The fraction of sp³-hybridized carbons (Fsp3) is 0.474. The molecule has 1 amide bonds. The second kappa shape index (κ2) is 7.06. The highest BCUT2D eigenvalue weighted by molar-refractivity contribution is 7.15. The quantitative estimate of drug-likeness (QED) is 0.826. The number of piperidine rings is 1. The molecule has 0 unspecified atom stereocenters. The van der Waals surface area contributed by atoms with Crippen LogP contribution in [0.5, 0.6) is 0 Å². The van der Waals surface area contributed by atoms with E-state index >= 15 is 0 Å². The van der Waals surface area contributed by atoms with Crippen LogP contribution < -0.4 is 0 Å². The second-order valence-corrected chi connectivity index (χ2v) is 7.78. The maximum atomic E-state index is 13.1. The van der Waals surface area contributed by atoms with E-state index in [1.807, 2.05) is 11.8 Å². The number of amides is 1. The Labute approximate surface area is 155 Å². The summed E-state index contributed by atoms with van der Waals surface area (Å²) in [5, 5.41) is 0.815. The molecule has 0 aliphatic carbocycles. The molecule has 2 aromatic rings. The lowest BCUT2D eigenvalue weighted by atomic mass is 10.0. The van der Waals surface area contributed by atoms with E-state index in [0.29, 0.717) is 32.7 Å². The van der Waals surface area contributed by atoms with Gasteiger partial charge in [0, 0.05) is 36.4 Å². The van der Waals surface area contributed by atoms with Crippen molar-refractivity contribution in [3.8, 4) is 10.6 Å². The van der Waals surface area contributed by atoms with Crippen molar-refractivity contribution >= 4 is 17.2 Å². The van der Waals surface area contributed by atoms with Gasteiger partial charge in [-0.15, -0.1) is 11.3 Å². The van der Waals surface area contributed by atoms with Crippen molar-refractivity contribution in [2.45, 2.75) is 32.0 Å². The van der Waals surface area contributed by atoms with Crippen LogP contribution in [0.4, 0.5) is 4.39 Å². The van der Waals surface area contributed by atoms with Gasteiger partial charge >= 0.3 is 0 Å². The van der Waals surface area contributed by atoms with Crippen molar-refractivity contribution in [3.63, 3.8) is 0 Å². The third kappa shape index (κ3) is 3.51. The highest BCUT2D eigenvalue weighted by Crippen LogP contribution is 2.32. The van der Waals surface area contributed by atoms with Gasteiger partial charge < -0.3 is 14.4 Å². The van der Waals surface area contributed by atoms with E-state index in [2.05, 4.69) is 4.98 Å². The summed E-state index contributed by atoms with van der Waals surface area (Å²) in [6, 6.07) is 6.27. The van der Waals surface area contributed by atoms with Crippen molar-refractivity contribution in [1.82, 2.24) is 9.88 Å². The van der Waals surface area contributed by atoms with Gasteiger partial charge in [-0.2, -0.15) is 0 Å². The number of halogens is 1. The van der Waals surface area contributed by atoms with Crippen LogP contribution in [0, 0.1) is 12.7 Å². The number of nitrogens with zero attached hydrogens (tertiary/aromatic N) is 2. The summed E-state index contributed by atoms with van der Waals surface area (Å²) < 4.78 is 24.5. The SMILES string of the molecule is Cc1nc(-c2ccc(F)cc2)sc1CC(=O)N1CCC2(CC1)OCCO2. The summed E-state index contributed by atoms with van der Waals surface area (Å²) >= 11 is 1.50. The molecule has 0 atom stereocenters. The molecule has 2 aliphatic rings. The molecular weight excluding hydrogens is 355 g/mol. The van der Waals surface area contributed by atoms with E-state index < -0.39 is 5.79 Å². The number of hydrogen-bond donors (Lipinski definition) is 0. The highest BCUT2D eigenvalue weighted by Gasteiger charge is 2.40. The van der Waals surface area contributed by atoms with Crippen LogP contribution >= 0.6 is 11.3 Å². The van der Waals surface area contributed by atoms with Crippen molar-refractivity contribution in [2.24, 2.45) is 0 Å². The average molecular weight is 376 g/mol. The van der Waals surface area contributed by atoms with Crippen LogP contribution in [0.2, 0.25) is 0 Å². The Hall–Kier alpha value is -1.83. The normalized spacial score (nSPS) is 19.2. The van der Waals surface area contributed by atoms with Gasteiger partial charge in [0.15, 0.2) is 5.79 Å². The van der Waals surface area contributed by atoms with Crippen LogP contribution in [-0.4, -0.2) is 47.9 Å². The molecule has 0 bridgehead atoms. The molecule has 138 valence electrons. The van der Waals surface area contributed by atoms with Gasteiger partial charge in [0.05, 0.1) is 25.3 Å². The number of carbonyl (C=O) groups is 1. The summed E-state index contributed by atoms with van der Waals surface area (Å²) in [6.07, 6.45) is 1.79. The van der Waals surface area contributed by atoms with E-state index in [-0.39, 0.29) is 11.7 Å². The summed E-state index contributed by atoms with van der Waals surface area (Å²) in [5.74, 6) is -0.627. The third-order valence-electron chi connectivity index (χ3n) is 4.99. The lowest BCUT2D eigenvalue weighted by molar-refractivity contribution is -0.187. The Morgan fingerprint density at radius 2 is 1.88 bits per heavy atom. The molecular formula is C19H21FN2O3S. The third-order valence-corrected chi connectivity index (χ3v) is 6.19. The maximum Gasteiger partial charge on any atom is 0.227 e. The van der Waals surface area contributed by atoms with Crippen molar-refractivity contribution in [1.29, 1.82) is 0 Å². The minimum Gasteiger partial charge on any atom is -0.347 e. The Morgan fingerprint density at radius 3 is 2.54 bits per heavy atom. The molecule has 4 rings (SSSR count). The van der Waals surface area contributed by atoms with Gasteiger partial charge in [0.1, 0.15) is 10.8 Å². The maximum absolute atomic E-state index is 13.1. The summed E-state index contributed by atoms with van der Waals surface area (Å²) in [7, 11) is 0. The summed E-state index contributed by atoms with van der Waals surface area (Å²) in [4.78, 5) is 20.1. The van der Waals surface area contributed by atoms with Gasteiger partial charge in [-0.25, -0.2) is 9.37 Å². The number of aromatic nitrogens is 1. The first-order valence-corrected chi connectivity index (χ1v) is 9.64. The molecule has 1 aromatic carbocycles. The van der Waals surface area contributed by atoms with E-state index in [0.717, 1.165) is 34.0 Å².